The van der Waals surface area contributed by atoms with Crippen LogP contribution in [0.2, 0.25) is 0 Å². The molecule has 0 atom stereocenters. The van der Waals surface area contributed by atoms with Crippen molar-refractivity contribution in [3.8, 4) is 0 Å². The Kier molecular flexibility index (Phi) is 4.36. The summed E-state index contributed by atoms with van der Waals surface area (Å²) in [6, 6.07) is 7.58. The number of carbonyl (C=O) groups is 2. The molecule has 0 aliphatic carbocycles. The molecule has 1 aromatic heterocycles. The van der Waals surface area contributed by atoms with Crippen LogP contribution in [0.25, 0.3) is 0 Å². The van der Waals surface area contributed by atoms with Gasteiger partial charge in [-0.05, 0) is 24.6 Å². The maximum Gasteiger partial charge on any atom is 0.271 e. The molecule has 3 rings (SSSR count). The first-order chi connectivity index (χ1) is 11.2. The van der Waals surface area contributed by atoms with Crippen LogP contribution >= 0.6 is 0 Å². The first kappa shape index (κ1) is 15.2. The molecule has 1 aromatic carbocycles. The molecule has 1 saturated heterocycles. The summed E-state index contributed by atoms with van der Waals surface area (Å²) in [7, 11) is 0. The minimum absolute atomic E-state index is 0.0702. The first-order valence-electron chi connectivity index (χ1n) is 7.49. The summed E-state index contributed by atoms with van der Waals surface area (Å²) < 4.78 is 13.8. The van der Waals surface area contributed by atoms with Crippen LogP contribution < -0.4 is 0 Å². The summed E-state index contributed by atoms with van der Waals surface area (Å²) in [4.78, 5) is 28.0. The van der Waals surface area contributed by atoms with Crippen LogP contribution in [0.1, 0.15) is 27.3 Å². The molecule has 0 radical (unpaired) electrons. The van der Waals surface area contributed by atoms with Crippen LogP contribution in [0.4, 0.5) is 4.39 Å². The Morgan fingerprint density at radius 2 is 1.70 bits per heavy atom. The van der Waals surface area contributed by atoms with E-state index in [4.69, 9.17) is 0 Å². The normalized spacial score (nSPS) is 15.3. The van der Waals surface area contributed by atoms with Gasteiger partial charge < -0.3 is 9.80 Å². The van der Waals surface area contributed by atoms with Crippen molar-refractivity contribution >= 4 is 11.8 Å². The number of hydrogen-bond acceptors (Lipinski definition) is 3. The second-order valence-electron chi connectivity index (χ2n) is 5.39. The summed E-state index contributed by atoms with van der Waals surface area (Å²) in [5.41, 5.74) is 0.500. The zero-order valence-electron chi connectivity index (χ0n) is 12.5. The number of nitrogens with one attached hydrogen (secondary N) is 1. The highest BCUT2D eigenvalue weighted by atomic mass is 19.1. The molecule has 7 heteroatoms. The van der Waals surface area contributed by atoms with E-state index >= 15 is 0 Å². The third-order valence-electron chi connectivity index (χ3n) is 3.91. The van der Waals surface area contributed by atoms with Crippen molar-refractivity contribution in [2.75, 3.05) is 26.2 Å². The highest BCUT2D eigenvalue weighted by molar-refractivity contribution is 5.95. The lowest BCUT2D eigenvalue weighted by Gasteiger charge is -2.22. The third kappa shape index (κ3) is 3.23. The number of amides is 2. The second-order valence-corrected chi connectivity index (χ2v) is 5.39. The number of H-pyrrole nitrogens is 1. The molecule has 0 unspecified atom stereocenters. The van der Waals surface area contributed by atoms with Crippen molar-refractivity contribution < 1.29 is 14.0 Å². The van der Waals surface area contributed by atoms with E-state index in [2.05, 4.69) is 10.2 Å². The lowest BCUT2D eigenvalue weighted by atomic mass is 10.2. The predicted molar refractivity (Wildman–Crippen MR) is 81.4 cm³/mol. The molecule has 0 bridgehead atoms. The second kappa shape index (κ2) is 6.60. The minimum atomic E-state index is -0.521. The van der Waals surface area contributed by atoms with Crippen LogP contribution in [0.15, 0.2) is 36.5 Å². The Bertz CT molecular complexity index is 702. The number of hydrogen-bond donors (Lipinski definition) is 1. The number of nitrogens with zero attached hydrogens (tertiary/aromatic N) is 3. The highest BCUT2D eigenvalue weighted by Crippen LogP contribution is 2.13. The van der Waals surface area contributed by atoms with Crippen molar-refractivity contribution in [1.29, 1.82) is 0 Å². The van der Waals surface area contributed by atoms with Gasteiger partial charge in [-0.25, -0.2) is 4.39 Å². The zero-order chi connectivity index (χ0) is 16.2. The zero-order valence-corrected chi connectivity index (χ0v) is 12.5. The van der Waals surface area contributed by atoms with Gasteiger partial charge in [-0.2, -0.15) is 5.10 Å². The molecule has 1 fully saturated rings. The highest BCUT2D eigenvalue weighted by Gasteiger charge is 2.25. The molecule has 23 heavy (non-hydrogen) atoms. The van der Waals surface area contributed by atoms with E-state index in [9.17, 15) is 14.0 Å². The minimum Gasteiger partial charge on any atom is -0.337 e. The molecule has 2 aromatic rings. The quantitative estimate of drug-likeness (QED) is 0.913. The average molecular weight is 316 g/mol. The van der Waals surface area contributed by atoms with E-state index < -0.39 is 5.82 Å². The van der Waals surface area contributed by atoms with E-state index in [1.165, 1.54) is 18.3 Å². The Morgan fingerprint density at radius 3 is 2.35 bits per heavy atom. The van der Waals surface area contributed by atoms with E-state index in [1.54, 1.807) is 28.0 Å². The van der Waals surface area contributed by atoms with Gasteiger partial charge in [-0.3, -0.25) is 14.7 Å². The van der Waals surface area contributed by atoms with Gasteiger partial charge in [0.1, 0.15) is 11.5 Å². The Hall–Kier alpha value is -2.70. The van der Waals surface area contributed by atoms with E-state index in [1.807, 2.05) is 0 Å². The summed E-state index contributed by atoms with van der Waals surface area (Å²) in [5, 5.41) is 6.43. The van der Waals surface area contributed by atoms with Crippen molar-refractivity contribution in [2.24, 2.45) is 0 Å². The average Bonchev–Trinajstić information content (AvgIpc) is 2.98. The van der Waals surface area contributed by atoms with Crippen LogP contribution in [-0.2, 0) is 0 Å². The Morgan fingerprint density at radius 1 is 1.00 bits per heavy atom. The van der Waals surface area contributed by atoms with E-state index in [-0.39, 0.29) is 17.4 Å². The fraction of sp³-hybridized carbons (Fsp3) is 0.312. The monoisotopic (exact) mass is 316 g/mol. The van der Waals surface area contributed by atoms with Gasteiger partial charge in [0.15, 0.2) is 0 Å². The lowest BCUT2D eigenvalue weighted by Crippen LogP contribution is -2.37. The van der Waals surface area contributed by atoms with Gasteiger partial charge in [0, 0.05) is 32.4 Å². The SMILES string of the molecule is O=C(c1ccn[nH]1)N1CCCN(C(=O)c2ccccc2F)CC1. The molecule has 6 nitrogen and oxygen atoms in total. The fourth-order valence-electron chi connectivity index (χ4n) is 2.67. The molecule has 0 spiro atoms. The smallest absolute Gasteiger partial charge is 0.271 e. The summed E-state index contributed by atoms with van der Waals surface area (Å²) in [6.07, 6.45) is 2.18. The number of carbonyl (C=O) groups excluding carboxylic acids is 2. The molecular formula is C16H17FN4O2. The molecule has 2 amide bonds. The molecular weight excluding hydrogens is 299 g/mol. The molecule has 1 aliphatic rings. The molecule has 1 aliphatic heterocycles. The largest absolute Gasteiger partial charge is 0.337 e. The van der Waals surface area contributed by atoms with Gasteiger partial charge in [-0.1, -0.05) is 12.1 Å². The summed E-state index contributed by atoms with van der Waals surface area (Å²) in [5.74, 6) is -0.992. The third-order valence-corrected chi connectivity index (χ3v) is 3.91. The van der Waals surface area contributed by atoms with Crippen molar-refractivity contribution in [3.63, 3.8) is 0 Å². The number of aromatic nitrogens is 2. The number of halogens is 1. The standard InChI is InChI=1S/C16H17FN4O2/c17-13-5-2-1-4-12(13)15(22)20-8-3-9-21(11-10-20)16(23)14-6-7-18-19-14/h1-2,4-7H,3,8-11H2,(H,18,19). The topological polar surface area (TPSA) is 69.3 Å². The van der Waals surface area contributed by atoms with Gasteiger partial charge in [-0.15, -0.1) is 0 Å². The first-order valence-corrected chi connectivity index (χ1v) is 7.49. The van der Waals surface area contributed by atoms with Gasteiger partial charge in [0.25, 0.3) is 11.8 Å². The number of aromatic amines is 1. The van der Waals surface area contributed by atoms with Crippen molar-refractivity contribution in [3.05, 3.63) is 53.6 Å². The van der Waals surface area contributed by atoms with E-state index in [0.29, 0.717) is 38.3 Å². The summed E-state index contributed by atoms with van der Waals surface area (Å²) in [6.45, 7) is 1.85. The van der Waals surface area contributed by atoms with Gasteiger partial charge in [0.05, 0.1) is 5.56 Å². The fourth-order valence-corrected chi connectivity index (χ4v) is 2.67. The van der Waals surface area contributed by atoms with Crippen LogP contribution in [0.3, 0.4) is 0 Å². The molecule has 120 valence electrons. The maximum atomic E-state index is 13.8. The Labute approximate surface area is 132 Å². The van der Waals surface area contributed by atoms with Crippen LogP contribution in [0.5, 0.6) is 0 Å². The van der Waals surface area contributed by atoms with Gasteiger partial charge >= 0.3 is 0 Å². The van der Waals surface area contributed by atoms with E-state index in [0.717, 1.165) is 0 Å². The number of rotatable bonds is 2. The predicted octanol–water partition coefficient (Wildman–Crippen LogP) is 1.54. The summed E-state index contributed by atoms with van der Waals surface area (Å²) >= 11 is 0. The van der Waals surface area contributed by atoms with Gasteiger partial charge in [0.2, 0.25) is 0 Å². The molecule has 0 saturated carbocycles. The van der Waals surface area contributed by atoms with Crippen LogP contribution in [-0.4, -0.2) is 58.0 Å². The lowest BCUT2D eigenvalue weighted by molar-refractivity contribution is 0.0713. The maximum absolute atomic E-state index is 13.8. The van der Waals surface area contributed by atoms with Crippen molar-refractivity contribution in [1.82, 2.24) is 20.0 Å². The molecule has 2 heterocycles. The van der Waals surface area contributed by atoms with Crippen LogP contribution in [0, 0.1) is 5.82 Å². The Balaban J connectivity index is 1.68. The van der Waals surface area contributed by atoms with Crippen molar-refractivity contribution in [2.45, 2.75) is 6.42 Å². The number of benzene rings is 1. The molecule has 1 N–H and O–H groups in total.